The van der Waals surface area contributed by atoms with Crippen molar-refractivity contribution in [3.05, 3.63) is 54.5 Å². The summed E-state index contributed by atoms with van der Waals surface area (Å²) in [5.41, 5.74) is 3.33. The standard InChI is InChI=1S/C13H12N2/c1-3-4-5-12-10(2)6-7-11-8-14-9-15-13(11)12/h3-9H,1H2,2H3/b5-4-. The van der Waals surface area contributed by atoms with Crippen molar-refractivity contribution in [2.75, 3.05) is 0 Å². The molecule has 2 nitrogen and oxygen atoms in total. The third kappa shape index (κ3) is 1.79. The van der Waals surface area contributed by atoms with Crippen LogP contribution in [0.4, 0.5) is 0 Å². The first-order chi connectivity index (χ1) is 7.33. The van der Waals surface area contributed by atoms with E-state index in [0.717, 1.165) is 16.5 Å². The summed E-state index contributed by atoms with van der Waals surface area (Å²) in [5, 5.41) is 1.06. The van der Waals surface area contributed by atoms with Crippen LogP contribution in [0.3, 0.4) is 0 Å². The van der Waals surface area contributed by atoms with Gasteiger partial charge in [-0.25, -0.2) is 9.97 Å². The van der Waals surface area contributed by atoms with Crippen LogP contribution in [0.5, 0.6) is 0 Å². The number of allylic oxidation sites excluding steroid dienone is 2. The highest BCUT2D eigenvalue weighted by Gasteiger charge is 2.02. The van der Waals surface area contributed by atoms with Crippen molar-refractivity contribution in [3.63, 3.8) is 0 Å². The summed E-state index contributed by atoms with van der Waals surface area (Å²) in [4.78, 5) is 8.31. The maximum atomic E-state index is 4.30. The summed E-state index contributed by atoms with van der Waals surface area (Å²) in [7, 11) is 0. The first-order valence-corrected chi connectivity index (χ1v) is 4.81. The Labute approximate surface area is 89.0 Å². The van der Waals surface area contributed by atoms with Crippen LogP contribution in [-0.4, -0.2) is 9.97 Å². The molecule has 0 saturated carbocycles. The molecule has 0 radical (unpaired) electrons. The van der Waals surface area contributed by atoms with Gasteiger partial charge in [-0.15, -0.1) is 0 Å². The minimum Gasteiger partial charge on any atom is -0.244 e. The molecule has 15 heavy (non-hydrogen) atoms. The van der Waals surface area contributed by atoms with E-state index in [1.165, 1.54) is 5.56 Å². The lowest BCUT2D eigenvalue weighted by Crippen LogP contribution is -1.88. The molecule has 1 aromatic carbocycles. The van der Waals surface area contributed by atoms with Gasteiger partial charge >= 0.3 is 0 Å². The molecule has 1 heterocycles. The molecule has 0 aliphatic heterocycles. The summed E-state index contributed by atoms with van der Waals surface area (Å²) in [5.74, 6) is 0. The Bertz CT molecular complexity index is 527. The van der Waals surface area contributed by atoms with Crippen molar-refractivity contribution in [2.24, 2.45) is 0 Å². The fourth-order valence-electron chi connectivity index (χ4n) is 1.55. The number of benzene rings is 1. The van der Waals surface area contributed by atoms with Crippen LogP contribution in [0.1, 0.15) is 11.1 Å². The lowest BCUT2D eigenvalue weighted by Gasteiger charge is -2.04. The molecule has 0 atom stereocenters. The SMILES string of the molecule is C=C/C=C\c1c(C)ccc2cncnc12. The molecule has 0 amide bonds. The van der Waals surface area contributed by atoms with Gasteiger partial charge < -0.3 is 0 Å². The van der Waals surface area contributed by atoms with Crippen molar-refractivity contribution < 1.29 is 0 Å². The first kappa shape index (κ1) is 9.59. The zero-order valence-corrected chi connectivity index (χ0v) is 8.64. The van der Waals surface area contributed by atoms with Gasteiger partial charge in [0, 0.05) is 17.1 Å². The summed E-state index contributed by atoms with van der Waals surface area (Å²) >= 11 is 0. The molecule has 0 unspecified atom stereocenters. The summed E-state index contributed by atoms with van der Waals surface area (Å²) in [6.07, 6.45) is 9.11. The Kier molecular flexibility index (Phi) is 2.59. The molecule has 74 valence electrons. The van der Waals surface area contributed by atoms with Gasteiger partial charge in [0.1, 0.15) is 6.33 Å². The first-order valence-electron chi connectivity index (χ1n) is 4.81. The number of nitrogens with zero attached hydrogens (tertiary/aromatic N) is 2. The number of fused-ring (bicyclic) bond motifs is 1. The average molecular weight is 196 g/mol. The van der Waals surface area contributed by atoms with Crippen LogP contribution >= 0.6 is 0 Å². The smallest absolute Gasteiger partial charge is 0.116 e. The van der Waals surface area contributed by atoms with Gasteiger partial charge in [-0.2, -0.15) is 0 Å². The quantitative estimate of drug-likeness (QED) is 0.689. The van der Waals surface area contributed by atoms with Gasteiger partial charge in [-0.05, 0) is 12.5 Å². The number of hydrogen-bond donors (Lipinski definition) is 0. The van der Waals surface area contributed by atoms with Gasteiger partial charge in [0.2, 0.25) is 0 Å². The van der Waals surface area contributed by atoms with Crippen molar-refractivity contribution in [1.82, 2.24) is 9.97 Å². The number of aromatic nitrogens is 2. The molecule has 0 N–H and O–H groups in total. The zero-order chi connectivity index (χ0) is 10.7. The molecular formula is C13H12N2. The Hall–Kier alpha value is -1.96. The summed E-state index contributed by atoms with van der Waals surface area (Å²) in [6.45, 7) is 5.74. The molecule has 0 spiro atoms. The Morgan fingerprint density at radius 1 is 1.33 bits per heavy atom. The minimum absolute atomic E-state index is 0.989. The van der Waals surface area contributed by atoms with E-state index in [1.54, 1.807) is 12.4 Å². The normalized spacial score (nSPS) is 11.0. The monoisotopic (exact) mass is 196 g/mol. The molecule has 2 rings (SSSR count). The topological polar surface area (TPSA) is 25.8 Å². The Morgan fingerprint density at radius 3 is 3.00 bits per heavy atom. The highest BCUT2D eigenvalue weighted by molar-refractivity contribution is 5.87. The van der Waals surface area contributed by atoms with Gasteiger partial charge in [0.25, 0.3) is 0 Å². The summed E-state index contributed by atoms with van der Waals surface area (Å²) < 4.78 is 0. The molecule has 0 saturated heterocycles. The molecule has 0 aliphatic carbocycles. The van der Waals surface area contributed by atoms with E-state index >= 15 is 0 Å². The molecular weight excluding hydrogens is 184 g/mol. The van der Waals surface area contributed by atoms with E-state index in [0.29, 0.717) is 0 Å². The number of hydrogen-bond acceptors (Lipinski definition) is 2. The second-order valence-electron chi connectivity index (χ2n) is 3.35. The molecule has 2 aromatic rings. The van der Waals surface area contributed by atoms with Gasteiger partial charge in [0.05, 0.1) is 5.52 Å². The van der Waals surface area contributed by atoms with Crippen LogP contribution in [0.2, 0.25) is 0 Å². The zero-order valence-electron chi connectivity index (χ0n) is 8.64. The van der Waals surface area contributed by atoms with Crippen LogP contribution in [0, 0.1) is 6.92 Å². The molecule has 1 aromatic heterocycles. The van der Waals surface area contributed by atoms with Crippen molar-refractivity contribution in [2.45, 2.75) is 6.92 Å². The van der Waals surface area contributed by atoms with Crippen molar-refractivity contribution in [1.29, 1.82) is 0 Å². The number of aryl methyl sites for hydroxylation is 1. The fraction of sp³-hybridized carbons (Fsp3) is 0.0769. The lowest BCUT2D eigenvalue weighted by atomic mass is 10.0. The maximum Gasteiger partial charge on any atom is 0.116 e. The van der Waals surface area contributed by atoms with Crippen LogP contribution < -0.4 is 0 Å². The van der Waals surface area contributed by atoms with Gasteiger partial charge in [0.15, 0.2) is 0 Å². The van der Waals surface area contributed by atoms with Crippen LogP contribution in [0.15, 0.2) is 43.4 Å². The van der Waals surface area contributed by atoms with E-state index in [-0.39, 0.29) is 0 Å². The van der Waals surface area contributed by atoms with E-state index in [9.17, 15) is 0 Å². The van der Waals surface area contributed by atoms with Crippen LogP contribution in [-0.2, 0) is 0 Å². The Morgan fingerprint density at radius 2 is 2.20 bits per heavy atom. The third-order valence-corrected chi connectivity index (χ3v) is 2.33. The average Bonchev–Trinajstić information content (AvgIpc) is 2.28. The molecule has 0 aliphatic rings. The maximum absolute atomic E-state index is 4.30. The molecule has 0 bridgehead atoms. The summed E-state index contributed by atoms with van der Waals surface area (Å²) in [6, 6.07) is 4.12. The number of rotatable bonds is 2. The van der Waals surface area contributed by atoms with Crippen LogP contribution in [0.25, 0.3) is 17.0 Å². The van der Waals surface area contributed by atoms with E-state index in [2.05, 4.69) is 29.5 Å². The largest absolute Gasteiger partial charge is 0.244 e. The molecule has 2 heteroatoms. The minimum atomic E-state index is 0.989. The lowest BCUT2D eigenvalue weighted by molar-refractivity contribution is 1.21. The van der Waals surface area contributed by atoms with Gasteiger partial charge in [-0.1, -0.05) is 36.9 Å². The Balaban J connectivity index is 2.73. The second-order valence-corrected chi connectivity index (χ2v) is 3.35. The van der Waals surface area contributed by atoms with Gasteiger partial charge in [-0.3, -0.25) is 0 Å². The van der Waals surface area contributed by atoms with E-state index in [1.807, 2.05) is 24.4 Å². The third-order valence-electron chi connectivity index (χ3n) is 2.33. The molecule has 0 fully saturated rings. The fourth-order valence-corrected chi connectivity index (χ4v) is 1.55. The predicted molar refractivity (Wildman–Crippen MR) is 63.5 cm³/mol. The predicted octanol–water partition coefficient (Wildman–Crippen LogP) is 3.14. The van der Waals surface area contributed by atoms with E-state index < -0.39 is 0 Å². The van der Waals surface area contributed by atoms with Crippen molar-refractivity contribution >= 4 is 17.0 Å². The highest BCUT2D eigenvalue weighted by atomic mass is 14.8. The van der Waals surface area contributed by atoms with E-state index in [4.69, 9.17) is 0 Å². The second kappa shape index (κ2) is 4.05. The highest BCUT2D eigenvalue weighted by Crippen LogP contribution is 2.20. The van der Waals surface area contributed by atoms with Crippen molar-refractivity contribution in [3.8, 4) is 0 Å².